The Morgan fingerprint density at radius 2 is 1.63 bits per heavy atom. The summed E-state index contributed by atoms with van der Waals surface area (Å²) in [4.78, 5) is 39.8. The van der Waals surface area contributed by atoms with Crippen molar-refractivity contribution in [1.82, 2.24) is 15.6 Å². The number of amides is 2. The molecule has 1 heterocycles. The summed E-state index contributed by atoms with van der Waals surface area (Å²) >= 11 is 0. The second-order valence-electron chi connectivity index (χ2n) is 8.48. The highest BCUT2D eigenvalue weighted by Gasteiger charge is 2.31. The van der Waals surface area contributed by atoms with E-state index in [9.17, 15) is 19.5 Å². The first-order chi connectivity index (χ1) is 16.8. The second kappa shape index (κ2) is 9.94. The molecule has 3 aromatic rings. The summed E-state index contributed by atoms with van der Waals surface area (Å²) in [6.07, 6.45) is 0.792. The first kappa shape index (κ1) is 23.9. The fraction of sp³-hybridized carbons (Fsp3) is 0.231. The van der Waals surface area contributed by atoms with Crippen LogP contribution in [0, 0.1) is 0 Å². The van der Waals surface area contributed by atoms with Gasteiger partial charge in [-0.05, 0) is 41.3 Å². The molecule has 0 bridgehead atoms. The third kappa shape index (κ3) is 5.30. The highest BCUT2D eigenvalue weighted by molar-refractivity contribution is 5.94. The van der Waals surface area contributed by atoms with Crippen LogP contribution in [0.1, 0.15) is 40.0 Å². The molecule has 0 saturated heterocycles. The standard InChI is InChI=1S/C26H25N3O6/c1-26(34,24(31)32)15-29-23(30)16-10-11-27-17(12-16)13-28-25(33)35-14-22-20-8-4-2-6-18(20)19-7-3-5-9-21(19)22/h2-12,22,34H,13-15H2,1H3,(H,28,33)(H,29,30)(H,31,32). The summed E-state index contributed by atoms with van der Waals surface area (Å²) in [5, 5.41) is 23.7. The molecule has 9 heteroatoms. The minimum Gasteiger partial charge on any atom is -0.479 e. The number of carboxylic acids is 1. The number of nitrogens with zero attached hydrogens (tertiary/aromatic N) is 1. The van der Waals surface area contributed by atoms with Gasteiger partial charge >= 0.3 is 12.1 Å². The molecular formula is C26H25N3O6. The van der Waals surface area contributed by atoms with Gasteiger partial charge in [0.2, 0.25) is 0 Å². The summed E-state index contributed by atoms with van der Waals surface area (Å²) in [5.41, 5.74) is 3.05. The zero-order chi connectivity index (χ0) is 25.0. The highest BCUT2D eigenvalue weighted by Crippen LogP contribution is 2.44. The van der Waals surface area contributed by atoms with E-state index in [2.05, 4.69) is 27.8 Å². The van der Waals surface area contributed by atoms with Crippen molar-refractivity contribution < 1.29 is 29.3 Å². The van der Waals surface area contributed by atoms with Gasteiger partial charge in [0, 0.05) is 17.7 Å². The maximum absolute atomic E-state index is 12.4. The molecule has 0 radical (unpaired) electrons. The van der Waals surface area contributed by atoms with Gasteiger partial charge < -0.3 is 25.6 Å². The molecule has 0 spiro atoms. The monoisotopic (exact) mass is 475 g/mol. The summed E-state index contributed by atoms with van der Waals surface area (Å²) in [5.74, 6) is -2.07. The lowest BCUT2D eigenvalue weighted by Gasteiger charge is -2.18. The van der Waals surface area contributed by atoms with Crippen LogP contribution in [0.15, 0.2) is 66.9 Å². The summed E-state index contributed by atoms with van der Waals surface area (Å²) in [6.45, 7) is 0.840. The van der Waals surface area contributed by atoms with Gasteiger partial charge in [0.25, 0.3) is 5.91 Å². The predicted octanol–water partition coefficient (Wildman–Crippen LogP) is 2.69. The second-order valence-corrected chi connectivity index (χ2v) is 8.48. The lowest BCUT2D eigenvalue weighted by atomic mass is 9.98. The van der Waals surface area contributed by atoms with Gasteiger partial charge in [-0.1, -0.05) is 48.5 Å². The fourth-order valence-electron chi connectivity index (χ4n) is 3.96. The Hall–Kier alpha value is -4.24. The van der Waals surface area contributed by atoms with E-state index in [0.717, 1.165) is 29.2 Å². The van der Waals surface area contributed by atoms with Gasteiger partial charge in [-0.15, -0.1) is 0 Å². The first-order valence-corrected chi connectivity index (χ1v) is 11.0. The minimum absolute atomic E-state index is 0.0324. The number of hydrogen-bond acceptors (Lipinski definition) is 6. The quantitative estimate of drug-likeness (QED) is 0.393. The van der Waals surface area contributed by atoms with Crippen LogP contribution in [0.5, 0.6) is 0 Å². The maximum atomic E-state index is 12.4. The van der Waals surface area contributed by atoms with Crippen LogP contribution < -0.4 is 10.6 Å². The number of pyridine rings is 1. The smallest absolute Gasteiger partial charge is 0.407 e. The number of hydrogen-bond donors (Lipinski definition) is 4. The molecule has 4 N–H and O–H groups in total. The average molecular weight is 476 g/mol. The molecule has 2 aromatic carbocycles. The number of benzene rings is 2. The molecule has 1 unspecified atom stereocenters. The van der Waals surface area contributed by atoms with Crippen LogP contribution >= 0.6 is 0 Å². The van der Waals surface area contributed by atoms with E-state index in [4.69, 9.17) is 9.84 Å². The van der Waals surface area contributed by atoms with Gasteiger partial charge in [0.15, 0.2) is 5.60 Å². The van der Waals surface area contributed by atoms with Gasteiger partial charge in [-0.3, -0.25) is 9.78 Å². The van der Waals surface area contributed by atoms with Crippen molar-refractivity contribution in [2.75, 3.05) is 13.2 Å². The van der Waals surface area contributed by atoms with E-state index in [-0.39, 0.29) is 24.6 Å². The van der Waals surface area contributed by atoms with E-state index in [1.54, 1.807) is 0 Å². The number of rotatable bonds is 8. The van der Waals surface area contributed by atoms with E-state index >= 15 is 0 Å². The number of fused-ring (bicyclic) bond motifs is 3. The third-order valence-corrected chi connectivity index (χ3v) is 5.89. The molecule has 0 saturated carbocycles. The molecule has 0 aliphatic heterocycles. The Morgan fingerprint density at radius 3 is 2.26 bits per heavy atom. The van der Waals surface area contributed by atoms with Crippen molar-refractivity contribution in [1.29, 1.82) is 0 Å². The van der Waals surface area contributed by atoms with Crippen molar-refractivity contribution >= 4 is 18.0 Å². The number of aliphatic carboxylic acids is 1. The number of carboxylic acid groups (broad SMARTS) is 1. The van der Waals surface area contributed by atoms with Crippen LogP contribution in [0.3, 0.4) is 0 Å². The number of nitrogens with one attached hydrogen (secondary N) is 2. The average Bonchev–Trinajstić information content (AvgIpc) is 3.18. The van der Waals surface area contributed by atoms with Crippen molar-refractivity contribution in [2.45, 2.75) is 25.0 Å². The third-order valence-electron chi connectivity index (χ3n) is 5.89. The molecule has 0 fully saturated rings. The van der Waals surface area contributed by atoms with Crippen LogP contribution in [0.2, 0.25) is 0 Å². The SMILES string of the molecule is CC(O)(CNC(=O)c1ccnc(CNC(=O)OCC2c3ccccc3-c3ccccc32)c1)C(=O)O. The Morgan fingerprint density at radius 1 is 1.00 bits per heavy atom. The summed E-state index contributed by atoms with van der Waals surface area (Å²) < 4.78 is 5.50. The van der Waals surface area contributed by atoms with E-state index in [1.807, 2.05) is 36.4 Å². The summed E-state index contributed by atoms with van der Waals surface area (Å²) in [6, 6.07) is 19.0. The van der Waals surface area contributed by atoms with Gasteiger partial charge in [-0.2, -0.15) is 0 Å². The zero-order valence-electron chi connectivity index (χ0n) is 19.0. The summed E-state index contributed by atoms with van der Waals surface area (Å²) in [7, 11) is 0. The largest absolute Gasteiger partial charge is 0.479 e. The van der Waals surface area contributed by atoms with Crippen molar-refractivity contribution in [2.24, 2.45) is 0 Å². The Labute approximate surface area is 201 Å². The van der Waals surface area contributed by atoms with Crippen LogP contribution in [0.25, 0.3) is 11.1 Å². The highest BCUT2D eigenvalue weighted by atomic mass is 16.5. The Bertz CT molecular complexity index is 1230. The molecule has 35 heavy (non-hydrogen) atoms. The molecular weight excluding hydrogens is 450 g/mol. The Balaban J connectivity index is 1.32. The first-order valence-electron chi connectivity index (χ1n) is 11.0. The van der Waals surface area contributed by atoms with Crippen LogP contribution in [0.4, 0.5) is 4.79 Å². The predicted molar refractivity (Wildman–Crippen MR) is 127 cm³/mol. The van der Waals surface area contributed by atoms with Gasteiger partial charge in [-0.25, -0.2) is 9.59 Å². The molecule has 1 atom stereocenters. The minimum atomic E-state index is -2.09. The molecule has 9 nitrogen and oxygen atoms in total. The van der Waals surface area contributed by atoms with Crippen LogP contribution in [-0.2, 0) is 16.1 Å². The lowest BCUT2D eigenvalue weighted by Crippen LogP contribution is -2.46. The lowest BCUT2D eigenvalue weighted by molar-refractivity contribution is -0.155. The van der Waals surface area contributed by atoms with Crippen LogP contribution in [-0.4, -0.2) is 51.9 Å². The van der Waals surface area contributed by atoms with Crippen molar-refractivity contribution in [3.8, 4) is 11.1 Å². The molecule has 4 rings (SSSR count). The normalized spacial score (nSPS) is 13.8. The van der Waals surface area contributed by atoms with Gasteiger partial charge in [0.1, 0.15) is 6.61 Å². The number of aliphatic hydroxyl groups is 1. The maximum Gasteiger partial charge on any atom is 0.407 e. The number of carbonyl (C=O) groups excluding carboxylic acids is 2. The van der Waals surface area contributed by atoms with E-state index < -0.39 is 30.1 Å². The topological polar surface area (TPSA) is 138 Å². The van der Waals surface area contributed by atoms with Crippen molar-refractivity contribution in [3.63, 3.8) is 0 Å². The van der Waals surface area contributed by atoms with Crippen molar-refractivity contribution in [3.05, 3.63) is 89.2 Å². The molecule has 2 amide bonds. The molecule has 180 valence electrons. The number of aromatic nitrogens is 1. The number of ether oxygens (including phenoxy) is 1. The fourth-order valence-corrected chi connectivity index (χ4v) is 3.96. The zero-order valence-corrected chi connectivity index (χ0v) is 19.0. The number of carbonyl (C=O) groups is 3. The number of alkyl carbamates (subject to hydrolysis) is 1. The molecule has 1 aromatic heterocycles. The molecule has 1 aliphatic carbocycles. The van der Waals surface area contributed by atoms with Gasteiger partial charge in [0.05, 0.1) is 18.8 Å². The molecule has 1 aliphatic rings. The Kier molecular flexibility index (Phi) is 6.79. The van der Waals surface area contributed by atoms with E-state index in [1.165, 1.54) is 18.3 Å². The van der Waals surface area contributed by atoms with E-state index in [0.29, 0.717) is 5.69 Å².